The maximum atomic E-state index is 12.6. The van der Waals surface area contributed by atoms with Crippen LogP contribution in [0.3, 0.4) is 0 Å². The quantitative estimate of drug-likeness (QED) is 0.771. The predicted molar refractivity (Wildman–Crippen MR) is 100 cm³/mol. The Morgan fingerprint density at radius 3 is 2.67 bits per heavy atom. The molecular formula is C19H18ClN3O. The highest BCUT2D eigenvalue weighted by molar-refractivity contribution is 6.30. The molecule has 0 aliphatic carbocycles. The molecule has 0 saturated heterocycles. The third kappa shape index (κ3) is 3.14. The molecular weight excluding hydrogens is 322 g/mol. The number of nitrogens with zero attached hydrogens (tertiary/aromatic N) is 1. The summed E-state index contributed by atoms with van der Waals surface area (Å²) in [5, 5.41) is 7.72. The molecule has 0 amide bonds. The lowest BCUT2D eigenvalue weighted by molar-refractivity contribution is 0.838. The van der Waals surface area contributed by atoms with Crippen LogP contribution < -0.4 is 21.4 Å². The summed E-state index contributed by atoms with van der Waals surface area (Å²) in [4.78, 5) is 12.6. The fraction of sp³-hybridized carbons (Fsp3) is 0.105. The number of aromatic nitrogens is 2. The number of aryl methyl sites for hydroxylation is 2. The Bertz CT molecular complexity index is 1060. The van der Waals surface area contributed by atoms with E-state index in [1.165, 1.54) is 15.8 Å². The predicted octanol–water partition coefficient (Wildman–Crippen LogP) is 2.70. The normalized spacial score (nSPS) is 11.7. The van der Waals surface area contributed by atoms with Gasteiger partial charge in [-0.3, -0.25) is 9.89 Å². The van der Waals surface area contributed by atoms with Crippen LogP contribution in [0.5, 0.6) is 0 Å². The van der Waals surface area contributed by atoms with E-state index in [2.05, 4.69) is 30.8 Å². The molecule has 0 aliphatic rings. The molecule has 0 radical (unpaired) electrons. The largest absolute Gasteiger partial charge is 0.361 e. The highest BCUT2D eigenvalue weighted by atomic mass is 35.5. The van der Waals surface area contributed by atoms with Crippen LogP contribution in [0.2, 0.25) is 5.02 Å². The van der Waals surface area contributed by atoms with Crippen molar-refractivity contribution < 1.29 is 0 Å². The minimum absolute atomic E-state index is 0.182. The molecule has 5 heteroatoms. The van der Waals surface area contributed by atoms with Gasteiger partial charge in [0.15, 0.2) is 0 Å². The molecule has 0 aliphatic heterocycles. The second-order valence-electron chi connectivity index (χ2n) is 5.71. The van der Waals surface area contributed by atoms with Gasteiger partial charge >= 0.3 is 0 Å². The first-order valence-electron chi connectivity index (χ1n) is 7.55. The number of rotatable bonds is 3. The standard InChI is InChI=1S/C19H18ClN3O/c1-12-7-8-16(9-13(12)2)21-11-18-14(3)22-23(19(18)24)17-6-4-5-15(20)10-17/h4-11,21-22H,3H2,1-2H3. The maximum Gasteiger partial charge on any atom is 0.280 e. The minimum Gasteiger partial charge on any atom is -0.361 e. The smallest absolute Gasteiger partial charge is 0.280 e. The van der Waals surface area contributed by atoms with Gasteiger partial charge in [0.2, 0.25) is 0 Å². The van der Waals surface area contributed by atoms with Crippen molar-refractivity contribution in [2.45, 2.75) is 13.8 Å². The van der Waals surface area contributed by atoms with E-state index < -0.39 is 0 Å². The molecule has 3 aromatic rings. The summed E-state index contributed by atoms with van der Waals surface area (Å²) >= 11 is 6.00. The molecule has 0 spiro atoms. The summed E-state index contributed by atoms with van der Waals surface area (Å²) in [5.74, 6) is 0. The molecule has 1 aromatic heterocycles. The second kappa shape index (κ2) is 6.42. The molecule has 4 nitrogen and oxygen atoms in total. The molecule has 3 rings (SSSR count). The van der Waals surface area contributed by atoms with Crippen molar-refractivity contribution in [3.63, 3.8) is 0 Å². The van der Waals surface area contributed by atoms with Crippen molar-refractivity contribution in [1.29, 1.82) is 0 Å². The Hall–Kier alpha value is -2.72. The van der Waals surface area contributed by atoms with Gasteiger partial charge in [0.25, 0.3) is 5.56 Å². The van der Waals surface area contributed by atoms with E-state index in [1.807, 2.05) is 24.3 Å². The van der Waals surface area contributed by atoms with Crippen LogP contribution in [0, 0.1) is 13.8 Å². The van der Waals surface area contributed by atoms with Crippen LogP contribution >= 0.6 is 11.6 Å². The first-order chi connectivity index (χ1) is 11.5. The lowest BCUT2D eigenvalue weighted by Gasteiger charge is -2.04. The third-order valence-electron chi connectivity index (χ3n) is 3.96. The number of hydrogen-bond donors (Lipinski definition) is 2. The maximum absolute atomic E-state index is 12.6. The van der Waals surface area contributed by atoms with Crippen molar-refractivity contribution in [2.24, 2.45) is 0 Å². The summed E-state index contributed by atoms with van der Waals surface area (Å²) in [7, 11) is 0. The van der Waals surface area contributed by atoms with Gasteiger partial charge in [-0.25, -0.2) is 4.68 Å². The molecule has 1 heterocycles. The van der Waals surface area contributed by atoms with Crippen LogP contribution in [-0.4, -0.2) is 9.78 Å². The van der Waals surface area contributed by atoms with E-state index in [4.69, 9.17) is 11.6 Å². The number of aromatic amines is 1. The topological polar surface area (TPSA) is 49.8 Å². The van der Waals surface area contributed by atoms with Gasteiger partial charge in [0, 0.05) is 16.9 Å². The Morgan fingerprint density at radius 2 is 1.96 bits per heavy atom. The van der Waals surface area contributed by atoms with E-state index in [9.17, 15) is 4.79 Å². The zero-order valence-corrected chi connectivity index (χ0v) is 14.3. The lowest BCUT2D eigenvalue weighted by Crippen LogP contribution is -2.34. The highest BCUT2D eigenvalue weighted by Crippen LogP contribution is 2.14. The lowest BCUT2D eigenvalue weighted by atomic mass is 10.1. The average Bonchev–Trinajstić information content (AvgIpc) is 2.83. The van der Waals surface area contributed by atoms with Crippen LogP contribution in [-0.2, 0) is 0 Å². The number of halogens is 1. The monoisotopic (exact) mass is 339 g/mol. The Balaban J connectivity index is 2.01. The Labute approximate surface area is 144 Å². The third-order valence-corrected chi connectivity index (χ3v) is 4.20. The fourth-order valence-corrected chi connectivity index (χ4v) is 2.61. The average molecular weight is 340 g/mol. The van der Waals surface area contributed by atoms with Crippen molar-refractivity contribution in [3.05, 3.63) is 79.5 Å². The van der Waals surface area contributed by atoms with Crippen molar-refractivity contribution in [3.8, 4) is 5.69 Å². The summed E-state index contributed by atoms with van der Waals surface area (Å²) < 4.78 is 1.43. The number of anilines is 1. The van der Waals surface area contributed by atoms with Gasteiger partial charge in [-0.15, -0.1) is 0 Å². The molecule has 2 N–H and O–H groups in total. The van der Waals surface area contributed by atoms with E-state index in [0.29, 0.717) is 21.3 Å². The summed E-state index contributed by atoms with van der Waals surface area (Å²) in [6, 6.07) is 13.1. The number of hydrogen-bond acceptors (Lipinski definition) is 2. The zero-order valence-electron chi connectivity index (χ0n) is 13.6. The molecule has 24 heavy (non-hydrogen) atoms. The van der Waals surface area contributed by atoms with Crippen molar-refractivity contribution >= 4 is 30.1 Å². The first-order valence-corrected chi connectivity index (χ1v) is 7.93. The fourth-order valence-electron chi connectivity index (χ4n) is 2.43. The second-order valence-corrected chi connectivity index (χ2v) is 6.15. The number of H-pyrrole nitrogens is 1. The first kappa shape index (κ1) is 16.1. The van der Waals surface area contributed by atoms with Crippen molar-refractivity contribution in [1.82, 2.24) is 9.78 Å². The van der Waals surface area contributed by atoms with E-state index in [-0.39, 0.29) is 5.56 Å². The van der Waals surface area contributed by atoms with Crippen LogP contribution in [0.1, 0.15) is 11.1 Å². The molecule has 122 valence electrons. The van der Waals surface area contributed by atoms with Gasteiger partial charge in [0.05, 0.1) is 16.3 Å². The summed E-state index contributed by atoms with van der Waals surface area (Å²) in [5.41, 5.74) is 3.83. The highest BCUT2D eigenvalue weighted by Gasteiger charge is 2.05. The number of nitrogens with one attached hydrogen (secondary N) is 2. The van der Waals surface area contributed by atoms with E-state index in [1.54, 1.807) is 24.4 Å². The summed E-state index contributed by atoms with van der Waals surface area (Å²) in [6.45, 7) is 8.03. The molecule has 0 saturated carbocycles. The molecule has 2 aromatic carbocycles. The molecule has 0 unspecified atom stereocenters. The number of benzene rings is 2. The van der Waals surface area contributed by atoms with E-state index >= 15 is 0 Å². The van der Waals surface area contributed by atoms with Gasteiger partial charge < -0.3 is 5.32 Å². The Morgan fingerprint density at radius 1 is 1.17 bits per heavy atom. The van der Waals surface area contributed by atoms with Crippen LogP contribution in [0.15, 0.2) is 47.3 Å². The van der Waals surface area contributed by atoms with Crippen LogP contribution in [0.4, 0.5) is 5.69 Å². The van der Waals surface area contributed by atoms with Gasteiger partial charge in [-0.05, 0) is 55.3 Å². The van der Waals surface area contributed by atoms with Gasteiger partial charge in [-0.2, -0.15) is 0 Å². The molecule has 0 fully saturated rings. The van der Waals surface area contributed by atoms with Crippen molar-refractivity contribution in [2.75, 3.05) is 5.32 Å². The molecule has 0 atom stereocenters. The Kier molecular flexibility index (Phi) is 4.32. The van der Waals surface area contributed by atoms with Crippen LogP contribution in [0.25, 0.3) is 18.5 Å². The van der Waals surface area contributed by atoms with E-state index in [0.717, 1.165) is 5.69 Å². The van der Waals surface area contributed by atoms with Gasteiger partial charge in [-0.1, -0.05) is 30.3 Å². The zero-order chi connectivity index (χ0) is 17.3. The van der Waals surface area contributed by atoms with Gasteiger partial charge in [0.1, 0.15) is 0 Å². The molecule has 0 bridgehead atoms. The summed E-state index contributed by atoms with van der Waals surface area (Å²) in [6.07, 6.45) is 1.67. The SMILES string of the molecule is C=c1[nH]n(-c2cccc(Cl)c2)c(=O)c1=CNc1ccc(C)c(C)c1. The minimum atomic E-state index is -0.182.